The van der Waals surface area contributed by atoms with Gasteiger partial charge >= 0.3 is 0 Å². The molecule has 0 heterocycles. The zero-order valence-corrected chi connectivity index (χ0v) is 17.7. The second-order valence-corrected chi connectivity index (χ2v) is 4.83. The highest BCUT2D eigenvalue weighted by Crippen LogP contribution is 1.77. The van der Waals surface area contributed by atoms with E-state index in [2.05, 4.69) is 83.1 Å². The molecule has 0 bridgehead atoms. The lowest BCUT2D eigenvalue weighted by Crippen LogP contribution is -1.47. The maximum Gasteiger partial charge on any atom is -0.0564 e. The van der Waals surface area contributed by atoms with E-state index < -0.39 is 0 Å². The van der Waals surface area contributed by atoms with Gasteiger partial charge in [0.15, 0.2) is 0 Å². The van der Waals surface area contributed by atoms with Crippen molar-refractivity contribution in [2.45, 2.75) is 134 Å². The second kappa shape index (κ2) is 96.2. The minimum absolute atomic E-state index is 1.25. The largest absolute Gasteiger partial charge is 0.0656 e. The van der Waals surface area contributed by atoms with Crippen LogP contribution in [0, 0.1) is 0 Å². The quantitative estimate of drug-likeness (QED) is 0.475. The summed E-state index contributed by atoms with van der Waals surface area (Å²) in [6.45, 7) is 25.7. The van der Waals surface area contributed by atoms with E-state index in [1.807, 2.05) is 0 Å². The van der Waals surface area contributed by atoms with Gasteiger partial charge in [0.1, 0.15) is 0 Å². The van der Waals surface area contributed by atoms with E-state index in [1.165, 1.54) is 51.4 Å². The molecule has 0 spiro atoms. The van der Waals surface area contributed by atoms with Gasteiger partial charge in [-0.3, -0.25) is 0 Å². The Kier molecular flexibility index (Phi) is 177. The van der Waals surface area contributed by atoms with Crippen molar-refractivity contribution >= 4 is 0 Å². The van der Waals surface area contributed by atoms with Gasteiger partial charge in [0.05, 0.1) is 0 Å². The van der Waals surface area contributed by atoms with Crippen LogP contribution in [0.5, 0.6) is 0 Å². The molecule has 0 atom stereocenters. The lowest BCUT2D eigenvalue weighted by Gasteiger charge is -1.68. The first-order valence-electron chi connectivity index (χ1n) is 9.49. The molecule has 0 fully saturated rings. The van der Waals surface area contributed by atoms with Gasteiger partial charge in [-0.2, -0.15) is 0 Å². The Hall–Kier alpha value is 0. The van der Waals surface area contributed by atoms with Crippen molar-refractivity contribution < 1.29 is 0 Å². The minimum Gasteiger partial charge on any atom is -0.0656 e. The topological polar surface area (TPSA) is 0 Å². The molecule has 132 valence electrons. The lowest BCUT2D eigenvalue weighted by molar-refractivity contribution is 0.886. The van der Waals surface area contributed by atoms with Crippen molar-refractivity contribution in [2.75, 3.05) is 0 Å². The summed E-state index contributed by atoms with van der Waals surface area (Å²) < 4.78 is 0. The number of unbranched alkanes of at least 4 members (excludes halogenated alkanes) is 2. The molecule has 0 amide bonds. The van der Waals surface area contributed by atoms with Crippen molar-refractivity contribution in [3.63, 3.8) is 0 Å². The average molecular weight is 293 g/mol. The van der Waals surface area contributed by atoms with Crippen molar-refractivity contribution in [1.29, 1.82) is 0 Å². The van der Waals surface area contributed by atoms with E-state index in [0.29, 0.717) is 0 Å². The monoisotopic (exact) mass is 292 g/mol. The van der Waals surface area contributed by atoms with Crippen molar-refractivity contribution in [1.82, 2.24) is 0 Å². The first kappa shape index (κ1) is 36.8. The Morgan fingerprint density at radius 2 is 0.300 bits per heavy atom. The summed E-state index contributed by atoms with van der Waals surface area (Å²) in [4.78, 5) is 0. The molecule has 0 unspecified atom stereocenters. The molecule has 0 aromatic rings. The van der Waals surface area contributed by atoms with E-state index in [0.717, 1.165) is 0 Å². The van der Waals surface area contributed by atoms with Crippen LogP contribution in [0.3, 0.4) is 0 Å². The van der Waals surface area contributed by atoms with Gasteiger partial charge in [0, 0.05) is 0 Å². The van der Waals surface area contributed by atoms with Gasteiger partial charge in [-0.15, -0.1) is 0 Å². The van der Waals surface area contributed by atoms with Crippen molar-refractivity contribution in [3.8, 4) is 0 Å². The normalized spacial score (nSPS) is 6.60. The molecule has 0 heteroatoms. The van der Waals surface area contributed by atoms with E-state index >= 15 is 0 Å². The summed E-state index contributed by atoms with van der Waals surface area (Å²) in [5.74, 6) is 0. The van der Waals surface area contributed by atoms with Gasteiger partial charge in [0.25, 0.3) is 0 Å². The second-order valence-electron chi connectivity index (χ2n) is 4.83. The molecule has 0 radical (unpaired) electrons. The lowest BCUT2D eigenvalue weighted by atomic mass is 10.4. The molecular weight excluding hydrogens is 240 g/mol. The maximum atomic E-state index is 2.18. The molecule has 0 saturated carbocycles. The molecule has 0 aliphatic heterocycles. The number of hydrogen-bond acceptors (Lipinski definition) is 0. The van der Waals surface area contributed by atoms with Gasteiger partial charge in [-0.1, -0.05) is 134 Å². The Morgan fingerprint density at radius 1 is 0.250 bits per heavy atom. The van der Waals surface area contributed by atoms with Crippen LogP contribution >= 0.6 is 0 Å². The molecule has 0 rings (SSSR count). The van der Waals surface area contributed by atoms with E-state index in [9.17, 15) is 0 Å². The summed E-state index contributed by atoms with van der Waals surface area (Å²) in [7, 11) is 0. The summed E-state index contributed by atoms with van der Waals surface area (Å²) in [6.07, 6.45) is 10.3. The van der Waals surface area contributed by atoms with Gasteiger partial charge in [-0.25, -0.2) is 0 Å². The Bertz CT molecular complexity index is 32.0. The highest BCUT2D eigenvalue weighted by molar-refractivity contribution is 4.13. The molecular formula is C20H52. The van der Waals surface area contributed by atoms with Crippen LogP contribution in [-0.4, -0.2) is 0 Å². The Labute approximate surface area is 135 Å². The Morgan fingerprint density at radius 3 is 0.300 bits per heavy atom. The first-order chi connectivity index (χ1) is 9.49. The molecule has 20 heavy (non-hydrogen) atoms. The Balaban J connectivity index is -0.0000000296. The first-order valence-corrected chi connectivity index (χ1v) is 9.49. The van der Waals surface area contributed by atoms with Gasteiger partial charge in [-0.05, 0) is 0 Å². The maximum absolute atomic E-state index is 2.18. The molecule has 0 aliphatic rings. The third-order valence-electron chi connectivity index (χ3n) is 1.000. The predicted octanol–water partition coefficient (Wildman–Crippen LogP) is 9.28. The van der Waals surface area contributed by atoms with E-state index in [4.69, 9.17) is 0 Å². The minimum atomic E-state index is 1.25. The fraction of sp³-hybridized carbons (Fsp3) is 1.00. The molecule has 0 saturated heterocycles. The average Bonchev–Trinajstić information content (AvgIpc) is 2.42. The van der Waals surface area contributed by atoms with Crippen LogP contribution in [-0.2, 0) is 0 Å². The summed E-state index contributed by atoms with van der Waals surface area (Å²) >= 11 is 0. The van der Waals surface area contributed by atoms with Crippen LogP contribution in [0.25, 0.3) is 0 Å². The summed E-state index contributed by atoms with van der Waals surface area (Å²) in [5.41, 5.74) is 0. The summed E-state index contributed by atoms with van der Waals surface area (Å²) in [6, 6.07) is 0. The van der Waals surface area contributed by atoms with E-state index in [1.54, 1.807) is 0 Å². The number of hydrogen-bond donors (Lipinski definition) is 0. The molecule has 0 N–H and O–H groups in total. The predicted molar refractivity (Wildman–Crippen MR) is 105 cm³/mol. The van der Waals surface area contributed by atoms with Crippen LogP contribution in [0.15, 0.2) is 0 Å². The molecule has 0 aromatic carbocycles. The van der Waals surface area contributed by atoms with Crippen LogP contribution in [0.4, 0.5) is 0 Å². The molecule has 0 aromatic heterocycles. The van der Waals surface area contributed by atoms with Gasteiger partial charge in [0.2, 0.25) is 0 Å². The van der Waals surface area contributed by atoms with E-state index in [-0.39, 0.29) is 0 Å². The fourth-order valence-corrected chi connectivity index (χ4v) is 0. The van der Waals surface area contributed by atoms with Crippen molar-refractivity contribution in [3.05, 3.63) is 0 Å². The standard InChI is InChI=1S/2C4H10.4C3H8/c2*1-3-4-2;4*1-3-2/h2*3-4H2,1-2H3;4*3H2,1-2H3. The highest BCUT2D eigenvalue weighted by atomic mass is 13.6. The van der Waals surface area contributed by atoms with Crippen LogP contribution in [0.2, 0.25) is 0 Å². The fourth-order valence-electron chi connectivity index (χ4n) is 0. The van der Waals surface area contributed by atoms with Crippen LogP contribution < -0.4 is 0 Å². The molecule has 0 nitrogen and oxygen atoms in total. The molecule has 0 aliphatic carbocycles. The van der Waals surface area contributed by atoms with Crippen LogP contribution in [0.1, 0.15) is 134 Å². The van der Waals surface area contributed by atoms with Gasteiger partial charge < -0.3 is 0 Å². The highest BCUT2D eigenvalue weighted by Gasteiger charge is 1.56. The van der Waals surface area contributed by atoms with Crippen molar-refractivity contribution in [2.24, 2.45) is 0 Å². The third-order valence-corrected chi connectivity index (χ3v) is 1.000. The smallest absolute Gasteiger partial charge is 0.0564 e. The third kappa shape index (κ3) is 1300. The summed E-state index contributed by atoms with van der Waals surface area (Å²) in [5, 5.41) is 0. The zero-order valence-electron chi connectivity index (χ0n) is 17.7. The zero-order chi connectivity index (χ0) is 17.7. The number of rotatable bonds is 2. The SMILES string of the molecule is CCC.CCC.CCC.CCC.CCCC.CCCC.